The first-order valence-corrected chi connectivity index (χ1v) is 8.83. The molecular weight excluding hydrogens is 317 g/mol. The van der Waals surface area contributed by atoms with Crippen LogP contribution < -0.4 is 5.32 Å². The number of imidazole rings is 1. The quantitative estimate of drug-likeness (QED) is 0.757. The van der Waals surface area contributed by atoms with Crippen molar-refractivity contribution in [2.75, 3.05) is 5.32 Å². The lowest BCUT2D eigenvalue weighted by Crippen LogP contribution is -2.29. The summed E-state index contributed by atoms with van der Waals surface area (Å²) in [6.45, 7) is 0.637. The van der Waals surface area contributed by atoms with Gasteiger partial charge in [-0.15, -0.1) is 0 Å². The Labute approximate surface area is 146 Å². The second-order valence-electron chi connectivity index (χ2n) is 6.79. The molecule has 0 spiro atoms. The lowest BCUT2D eigenvalue weighted by Gasteiger charge is -2.26. The van der Waals surface area contributed by atoms with Gasteiger partial charge in [0.05, 0.1) is 23.7 Å². The minimum absolute atomic E-state index is 0.170. The molecule has 4 nitrogen and oxygen atoms in total. The van der Waals surface area contributed by atoms with E-state index in [9.17, 15) is 9.50 Å². The lowest BCUT2D eigenvalue weighted by molar-refractivity contribution is 0.126. The van der Waals surface area contributed by atoms with Gasteiger partial charge >= 0.3 is 0 Å². The molecule has 1 aromatic heterocycles. The van der Waals surface area contributed by atoms with E-state index in [2.05, 4.69) is 16.0 Å². The molecule has 0 atom stereocenters. The van der Waals surface area contributed by atoms with Crippen molar-refractivity contribution in [1.29, 1.82) is 0 Å². The molecule has 1 fully saturated rings. The lowest BCUT2D eigenvalue weighted by atomic mass is 9.93. The predicted molar refractivity (Wildman–Crippen MR) is 97.1 cm³/mol. The first-order valence-electron chi connectivity index (χ1n) is 8.83. The Bertz CT molecular complexity index is 851. The fraction of sp³-hybridized carbons (Fsp3) is 0.350. The maximum atomic E-state index is 13.2. The molecule has 0 unspecified atom stereocenters. The molecule has 2 N–H and O–H groups in total. The van der Waals surface area contributed by atoms with E-state index in [1.54, 1.807) is 0 Å². The van der Waals surface area contributed by atoms with Crippen molar-refractivity contribution < 1.29 is 9.50 Å². The number of nitrogens with zero attached hydrogens (tertiary/aromatic N) is 2. The van der Waals surface area contributed by atoms with Crippen LogP contribution in [0.2, 0.25) is 0 Å². The highest BCUT2D eigenvalue weighted by Gasteiger charge is 2.21. The Kier molecular flexibility index (Phi) is 4.40. The van der Waals surface area contributed by atoms with Gasteiger partial charge in [0, 0.05) is 6.04 Å². The highest BCUT2D eigenvalue weighted by molar-refractivity contribution is 5.78. The van der Waals surface area contributed by atoms with Crippen LogP contribution in [0.15, 0.2) is 48.5 Å². The summed E-state index contributed by atoms with van der Waals surface area (Å²) < 4.78 is 15.3. The van der Waals surface area contributed by atoms with Crippen molar-refractivity contribution in [3.8, 4) is 0 Å². The standard InChI is InChI=1S/C20H22FN3O/c21-15-7-5-14(6-8-15)13-24-19-4-2-1-3-18(19)23-20(24)22-16-9-11-17(25)12-10-16/h1-8,16-17,25H,9-13H2,(H,22,23). The Morgan fingerprint density at radius 1 is 1.04 bits per heavy atom. The number of anilines is 1. The summed E-state index contributed by atoms with van der Waals surface area (Å²) in [6.07, 6.45) is 3.38. The van der Waals surface area contributed by atoms with Gasteiger partial charge in [0.2, 0.25) is 5.95 Å². The SMILES string of the molecule is OC1CCC(Nc2nc3ccccc3n2Cc2ccc(F)cc2)CC1. The van der Waals surface area contributed by atoms with Gasteiger partial charge in [0.1, 0.15) is 5.82 Å². The van der Waals surface area contributed by atoms with Crippen LogP contribution in [0.25, 0.3) is 11.0 Å². The largest absolute Gasteiger partial charge is 0.393 e. The molecule has 1 aliphatic rings. The number of rotatable bonds is 4. The smallest absolute Gasteiger partial charge is 0.204 e. The molecule has 25 heavy (non-hydrogen) atoms. The zero-order chi connectivity index (χ0) is 17.2. The molecule has 3 aromatic rings. The molecule has 1 aliphatic carbocycles. The Hall–Kier alpha value is -2.40. The number of para-hydroxylation sites is 2. The summed E-state index contributed by atoms with van der Waals surface area (Å²) >= 11 is 0. The molecule has 2 aromatic carbocycles. The van der Waals surface area contributed by atoms with Crippen molar-refractivity contribution in [1.82, 2.24) is 9.55 Å². The van der Waals surface area contributed by atoms with Crippen LogP contribution in [0, 0.1) is 5.82 Å². The van der Waals surface area contributed by atoms with Crippen LogP contribution in [-0.2, 0) is 6.54 Å². The van der Waals surface area contributed by atoms with E-state index in [1.165, 1.54) is 12.1 Å². The van der Waals surface area contributed by atoms with E-state index in [1.807, 2.05) is 30.3 Å². The van der Waals surface area contributed by atoms with Gasteiger partial charge in [-0.05, 0) is 55.5 Å². The summed E-state index contributed by atoms with van der Waals surface area (Å²) in [5, 5.41) is 13.3. The van der Waals surface area contributed by atoms with Gasteiger partial charge in [-0.2, -0.15) is 0 Å². The van der Waals surface area contributed by atoms with Gasteiger partial charge < -0.3 is 15.0 Å². The number of hydrogen-bond donors (Lipinski definition) is 2. The maximum absolute atomic E-state index is 13.2. The van der Waals surface area contributed by atoms with Crippen LogP contribution in [0.3, 0.4) is 0 Å². The van der Waals surface area contributed by atoms with E-state index >= 15 is 0 Å². The molecule has 0 saturated heterocycles. The minimum Gasteiger partial charge on any atom is -0.393 e. The number of hydrogen-bond acceptors (Lipinski definition) is 3. The van der Waals surface area contributed by atoms with Crippen LogP contribution in [0.5, 0.6) is 0 Å². The van der Waals surface area contributed by atoms with Gasteiger partial charge in [0.25, 0.3) is 0 Å². The van der Waals surface area contributed by atoms with Crippen LogP contribution in [-0.4, -0.2) is 26.8 Å². The Balaban J connectivity index is 1.64. The number of halogens is 1. The Morgan fingerprint density at radius 3 is 2.52 bits per heavy atom. The van der Waals surface area contributed by atoms with Crippen molar-refractivity contribution in [3.05, 3.63) is 59.9 Å². The van der Waals surface area contributed by atoms with Crippen molar-refractivity contribution >= 4 is 17.0 Å². The zero-order valence-electron chi connectivity index (χ0n) is 14.0. The highest BCUT2D eigenvalue weighted by Crippen LogP contribution is 2.26. The number of nitrogens with one attached hydrogen (secondary N) is 1. The third-order valence-electron chi connectivity index (χ3n) is 4.94. The minimum atomic E-state index is -0.224. The molecule has 0 radical (unpaired) electrons. The van der Waals surface area contributed by atoms with Crippen LogP contribution in [0.4, 0.5) is 10.3 Å². The number of benzene rings is 2. The molecule has 0 amide bonds. The molecule has 1 heterocycles. The van der Waals surface area contributed by atoms with E-state index in [0.29, 0.717) is 12.6 Å². The molecule has 130 valence electrons. The van der Waals surface area contributed by atoms with E-state index in [-0.39, 0.29) is 11.9 Å². The summed E-state index contributed by atoms with van der Waals surface area (Å²) in [5.41, 5.74) is 3.04. The van der Waals surface area contributed by atoms with Gasteiger partial charge in [0.15, 0.2) is 0 Å². The molecule has 4 rings (SSSR count). The highest BCUT2D eigenvalue weighted by atomic mass is 19.1. The average Bonchev–Trinajstić information content (AvgIpc) is 2.96. The molecule has 1 saturated carbocycles. The Morgan fingerprint density at radius 2 is 1.76 bits per heavy atom. The first kappa shape index (κ1) is 16.1. The monoisotopic (exact) mass is 339 g/mol. The second-order valence-corrected chi connectivity index (χ2v) is 6.79. The van der Waals surface area contributed by atoms with Crippen molar-refractivity contribution in [3.63, 3.8) is 0 Å². The third-order valence-corrected chi connectivity index (χ3v) is 4.94. The fourth-order valence-electron chi connectivity index (χ4n) is 3.52. The van der Waals surface area contributed by atoms with Crippen molar-refractivity contribution in [2.45, 2.75) is 44.4 Å². The third kappa shape index (κ3) is 3.51. The maximum Gasteiger partial charge on any atom is 0.204 e. The fourth-order valence-corrected chi connectivity index (χ4v) is 3.52. The van der Waals surface area contributed by atoms with E-state index in [4.69, 9.17) is 4.98 Å². The second kappa shape index (κ2) is 6.84. The molecule has 5 heteroatoms. The number of aliphatic hydroxyl groups is 1. The average molecular weight is 339 g/mol. The van der Waals surface area contributed by atoms with Crippen molar-refractivity contribution in [2.24, 2.45) is 0 Å². The predicted octanol–water partition coefficient (Wildman–Crippen LogP) is 3.94. The number of fused-ring (bicyclic) bond motifs is 1. The van der Waals surface area contributed by atoms with Gasteiger partial charge in [-0.1, -0.05) is 24.3 Å². The summed E-state index contributed by atoms with van der Waals surface area (Å²) in [6, 6.07) is 15.0. The number of aliphatic hydroxyl groups excluding tert-OH is 1. The molecule has 0 bridgehead atoms. The van der Waals surface area contributed by atoms with Crippen LogP contribution >= 0.6 is 0 Å². The van der Waals surface area contributed by atoms with Gasteiger partial charge in [-0.3, -0.25) is 0 Å². The normalized spacial score (nSPS) is 20.7. The first-order chi connectivity index (χ1) is 12.2. The molecule has 0 aliphatic heterocycles. The van der Waals surface area contributed by atoms with Crippen LogP contribution in [0.1, 0.15) is 31.2 Å². The number of aromatic nitrogens is 2. The van der Waals surface area contributed by atoms with E-state index in [0.717, 1.165) is 48.2 Å². The van der Waals surface area contributed by atoms with E-state index < -0.39 is 0 Å². The zero-order valence-corrected chi connectivity index (χ0v) is 14.0. The topological polar surface area (TPSA) is 50.1 Å². The summed E-state index contributed by atoms with van der Waals surface area (Å²) in [5.74, 6) is 0.616. The summed E-state index contributed by atoms with van der Waals surface area (Å²) in [7, 11) is 0. The van der Waals surface area contributed by atoms with Gasteiger partial charge in [-0.25, -0.2) is 9.37 Å². The summed E-state index contributed by atoms with van der Waals surface area (Å²) in [4.78, 5) is 4.75. The molecular formula is C20H22FN3O.